The van der Waals surface area contributed by atoms with Crippen LogP contribution in [0.3, 0.4) is 0 Å². The molecule has 0 bridgehead atoms. The molecule has 0 aromatic heterocycles. The lowest BCUT2D eigenvalue weighted by Gasteiger charge is -2.20. The zero-order valence-electron chi connectivity index (χ0n) is 13.6. The Morgan fingerprint density at radius 3 is 2.05 bits per heavy atom. The van der Waals surface area contributed by atoms with Gasteiger partial charge in [0, 0.05) is 0 Å². The minimum absolute atomic E-state index is 0.164. The highest BCUT2D eigenvalue weighted by Gasteiger charge is 2.17. The van der Waals surface area contributed by atoms with Gasteiger partial charge in [-0.05, 0) is 45.4 Å². The standard InChI is InChI=1S/C16H24O5/c1-11-9-12(18-5)15(13(10-11)19-6)20-8-7-14(17)21-16(2,3)4/h9-10H,7-8H2,1-6H3. The summed E-state index contributed by atoms with van der Waals surface area (Å²) in [5, 5.41) is 0. The van der Waals surface area contributed by atoms with Gasteiger partial charge in [-0.1, -0.05) is 0 Å². The van der Waals surface area contributed by atoms with E-state index in [0.29, 0.717) is 17.2 Å². The van der Waals surface area contributed by atoms with Crippen LogP contribution in [0, 0.1) is 6.92 Å². The van der Waals surface area contributed by atoms with Gasteiger partial charge in [-0.25, -0.2) is 0 Å². The van der Waals surface area contributed by atoms with Gasteiger partial charge in [0.25, 0.3) is 0 Å². The predicted octanol–water partition coefficient (Wildman–Crippen LogP) is 3.12. The van der Waals surface area contributed by atoms with E-state index in [0.717, 1.165) is 5.56 Å². The molecule has 5 heteroatoms. The Labute approximate surface area is 126 Å². The molecule has 0 aliphatic carbocycles. The van der Waals surface area contributed by atoms with Gasteiger partial charge in [0.1, 0.15) is 5.60 Å². The summed E-state index contributed by atoms with van der Waals surface area (Å²) < 4.78 is 21.4. The van der Waals surface area contributed by atoms with Gasteiger partial charge < -0.3 is 18.9 Å². The highest BCUT2D eigenvalue weighted by atomic mass is 16.6. The molecule has 0 spiro atoms. The largest absolute Gasteiger partial charge is 0.493 e. The summed E-state index contributed by atoms with van der Waals surface area (Å²) in [5.41, 5.74) is 0.513. The molecule has 0 radical (unpaired) electrons. The molecule has 118 valence electrons. The zero-order chi connectivity index (χ0) is 16.0. The Hall–Kier alpha value is -1.91. The van der Waals surface area contributed by atoms with E-state index in [9.17, 15) is 4.79 Å². The molecular formula is C16H24O5. The van der Waals surface area contributed by atoms with Crippen molar-refractivity contribution in [1.82, 2.24) is 0 Å². The second-order valence-electron chi connectivity index (χ2n) is 5.68. The van der Waals surface area contributed by atoms with Crippen LogP contribution in [0.2, 0.25) is 0 Å². The highest BCUT2D eigenvalue weighted by molar-refractivity contribution is 5.70. The Morgan fingerprint density at radius 2 is 1.62 bits per heavy atom. The topological polar surface area (TPSA) is 54.0 Å². The fourth-order valence-electron chi connectivity index (χ4n) is 1.78. The molecule has 0 fully saturated rings. The molecule has 1 rings (SSSR count). The maximum atomic E-state index is 11.6. The molecule has 0 amide bonds. The second-order valence-corrected chi connectivity index (χ2v) is 5.68. The summed E-state index contributed by atoms with van der Waals surface area (Å²) in [6, 6.07) is 3.71. The molecule has 0 aliphatic rings. The van der Waals surface area contributed by atoms with E-state index in [4.69, 9.17) is 18.9 Å². The third-order valence-electron chi connectivity index (χ3n) is 2.58. The van der Waals surface area contributed by atoms with Crippen LogP contribution < -0.4 is 14.2 Å². The third kappa shape index (κ3) is 5.53. The Balaban J connectivity index is 2.69. The van der Waals surface area contributed by atoms with Crippen molar-refractivity contribution < 1.29 is 23.7 Å². The first kappa shape index (κ1) is 17.1. The summed E-state index contributed by atoms with van der Waals surface area (Å²) in [6.45, 7) is 7.63. The first-order valence-electron chi connectivity index (χ1n) is 6.84. The Bertz CT molecular complexity index is 463. The normalized spacial score (nSPS) is 11.0. The molecule has 5 nitrogen and oxygen atoms in total. The molecule has 0 atom stereocenters. The molecule has 0 heterocycles. The van der Waals surface area contributed by atoms with Crippen molar-refractivity contribution in [1.29, 1.82) is 0 Å². The van der Waals surface area contributed by atoms with E-state index in [-0.39, 0.29) is 19.0 Å². The van der Waals surface area contributed by atoms with Crippen molar-refractivity contribution in [2.24, 2.45) is 0 Å². The third-order valence-corrected chi connectivity index (χ3v) is 2.58. The molecule has 21 heavy (non-hydrogen) atoms. The van der Waals surface area contributed by atoms with E-state index in [1.807, 2.05) is 39.8 Å². The van der Waals surface area contributed by atoms with Crippen molar-refractivity contribution in [3.63, 3.8) is 0 Å². The monoisotopic (exact) mass is 296 g/mol. The van der Waals surface area contributed by atoms with Crippen molar-refractivity contribution >= 4 is 5.97 Å². The molecule has 0 saturated heterocycles. The van der Waals surface area contributed by atoms with Crippen LogP contribution in [0.1, 0.15) is 32.8 Å². The SMILES string of the molecule is COc1cc(C)cc(OC)c1OCCC(=O)OC(C)(C)C. The number of benzene rings is 1. The van der Waals surface area contributed by atoms with E-state index in [1.165, 1.54) is 0 Å². The summed E-state index contributed by atoms with van der Waals surface area (Å²) in [5.74, 6) is 1.36. The average molecular weight is 296 g/mol. The van der Waals surface area contributed by atoms with Crippen LogP contribution in [0.5, 0.6) is 17.2 Å². The summed E-state index contributed by atoms with van der Waals surface area (Å²) in [4.78, 5) is 11.6. The van der Waals surface area contributed by atoms with Crippen LogP contribution in [-0.2, 0) is 9.53 Å². The maximum Gasteiger partial charge on any atom is 0.309 e. The molecule has 0 saturated carbocycles. The smallest absolute Gasteiger partial charge is 0.309 e. The number of ether oxygens (including phenoxy) is 4. The van der Waals surface area contributed by atoms with Crippen molar-refractivity contribution in [2.75, 3.05) is 20.8 Å². The molecule has 1 aromatic carbocycles. The Morgan fingerprint density at radius 1 is 1.10 bits per heavy atom. The molecule has 0 unspecified atom stereocenters. The number of aryl methyl sites for hydroxylation is 1. The summed E-state index contributed by atoms with van der Waals surface area (Å²) >= 11 is 0. The van der Waals surface area contributed by atoms with Crippen LogP contribution >= 0.6 is 0 Å². The van der Waals surface area contributed by atoms with Crippen molar-refractivity contribution in [3.05, 3.63) is 17.7 Å². The zero-order valence-corrected chi connectivity index (χ0v) is 13.6. The number of carbonyl (C=O) groups is 1. The van der Waals surface area contributed by atoms with Gasteiger partial charge in [-0.15, -0.1) is 0 Å². The van der Waals surface area contributed by atoms with Gasteiger partial charge in [0.15, 0.2) is 11.5 Å². The number of hydrogen-bond acceptors (Lipinski definition) is 5. The lowest BCUT2D eigenvalue weighted by atomic mass is 10.2. The molecule has 0 N–H and O–H groups in total. The van der Waals surface area contributed by atoms with E-state index in [1.54, 1.807) is 14.2 Å². The first-order chi connectivity index (χ1) is 9.76. The van der Waals surface area contributed by atoms with Crippen LogP contribution in [0.4, 0.5) is 0 Å². The number of esters is 1. The predicted molar refractivity (Wildman–Crippen MR) is 80.2 cm³/mol. The van der Waals surface area contributed by atoms with Crippen LogP contribution in [-0.4, -0.2) is 32.4 Å². The van der Waals surface area contributed by atoms with Crippen molar-refractivity contribution in [2.45, 2.75) is 39.7 Å². The lowest BCUT2D eigenvalue weighted by molar-refractivity contribution is -0.155. The fourth-order valence-corrected chi connectivity index (χ4v) is 1.78. The van der Waals surface area contributed by atoms with Crippen LogP contribution in [0.15, 0.2) is 12.1 Å². The Kier molecular flexibility index (Phi) is 5.88. The number of rotatable bonds is 6. The van der Waals surface area contributed by atoms with E-state index in [2.05, 4.69) is 0 Å². The van der Waals surface area contributed by atoms with E-state index < -0.39 is 5.60 Å². The minimum atomic E-state index is -0.490. The van der Waals surface area contributed by atoms with Gasteiger partial charge >= 0.3 is 5.97 Å². The molecule has 1 aromatic rings. The summed E-state index contributed by atoms with van der Waals surface area (Å²) in [6.07, 6.45) is 0.164. The second kappa shape index (κ2) is 7.20. The van der Waals surface area contributed by atoms with Gasteiger partial charge in [-0.3, -0.25) is 4.79 Å². The molecular weight excluding hydrogens is 272 g/mol. The number of carbonyl (C=O) groups excluding carboxylic acids is 1. The lowest BCUT2D eigenvalue weighted by Crippen LogP contribution is -2.24. The first-order valence-corrected chi connectivity index (χ1v) is 6.84. The van der Waals surface area contributed by atoms with Gasteiger partial charge in [0.05, 0.1) is 27.2 Å². The maximum absolute atomic E-state index is 11.6. The summed E-state index contributed by atoms with van der Waals surface area (Å²) in [7, 11) is 3.13. The number of hydrogen-bond donors (Lipinski definition) is 0. The minimum Gasteiger partial charge on any atom is -0.493 e. The average Bonchev–Trinajstić information content (AvgIpc) is 2.37. The van der Waals surface area contributed by atoms with Crippen molar-refractivity contribution in [3.8, 4) is 17.2 Å². The van der Waals surface area contributed by atoms with Crippen LogP contribution in [0.25, 0.3) is 0 Å². The fraction of sp³-hybridized carbons (Fsp3) is 0.562. The molecule has 0 aliphatic heterocycles. The van der Waals surface area contributed by atoms with E-state index >= 15 is 0 Å². The van der Waals surface area contributed by atoms with Gasteiger partial charge in [0.2, 0.25) is 5.75 Å². The highest BCUT2D eigenvalue weighted by Crippen LogP contribution is 2.38. The number of methoxy groups -OCH3 is 2. The van der Waals surface area contributed by atoms with Gasteiger partial charge in [-0.2, -0.15) is 0 Å². The quantitative estimate of drug-likeness (QED) is 0.755.